The van der Waals surface area contributed by atoms with Gasteiger partial charge in [0.1, 0.15) is 0 Å². The van der Waals surface area contributed by atoms with Gasteiger partial charge in [0.2, 0.25) is 5.91 Å². The second-order valence-electron chi connectivity index (χ2n) is 7.07. The molecule has 0 saturated heterocycles. The van der Waals surface area contributed by atoms with E-state index in [9.17, 15) is 9.59 Å². The van der Waals surface area contributed by atoms with E-state index in [1.165, 1.54) is 0 Å². The van der Waals surface area contributed by atoms with Crippen LogP contribution < -0.4 is 5.32 Å². The van der Waals surface area contributed by atoms with Crippen LogP contribution in [0.4, 0.5) is 4.79 Å². The Bertz CT molecular complexity index is 556. The van der Waals surface area contributed by atoms with Crippen LogP contribution in [0.25, 0.3) is 0 Å². The van der Waals surface area contributed by atoms with E-state index in [0.717, 1.165) is 37.3 Å². The van der Waals surface area contributed by atoms with Gasteiger partial charge < -0.3 is 15.1 Å². The van der Waals surface area contributed by atoms with Gasteiger partial charge in [-0.25, -0.2) is 4.79 Å². The summed E-state index contributed by atoms with van der Waals surface area (Å²) in [5, 5.41) is 2.75. The summed E-state index contributed by atoms with van der Waals surface area (Å²) < 4.78 is 0. The van der Waals surface area contributed by atoms with Crippen LogP contribution in [-0.2, 0) is 11.2 Å². The van der Waals surface area contributed by atoms with Crippen LogP contribution >= 0.6 is 0 Å². The maximum Gasteiger partial charge on any atom is 0.317 e. The Morgan fingerprint density at radius 1 is 1.20 bits per heavy atom. The topological polar surface area (TPSA) is 65.5 Å². The summed E-state index contributed by atoms with van der Waals surface area (Å²) in [6.07, 6.45) is 6.87. The van der Waals surface area contributed by atoms with E-state index < -0.39 is 0 Å². The number of nitrogens with zero attached hydrogens (tertiary/aromatic N) is 3. The Kier molecular flexibility index (Phi) is 7.22. The molecule has 0 bridgehead atoms. The summed E-state index contributed by atoms with van der Waals surface area (Å²) in [6.45, 7) is 2.88. The van der Waals surface area contributed by atoms with Crippen molar-refractivity contribution in [2.24, 2.45) is 5.92 Å². The van der Waals surface area contributed by atoms with Gasteiger partial charge in [-0.1, -0.05) is 13.0 Å². The molecule has 6 heteroatoms. The van der Waals surface area contributed by atoms with E-state index in [1.807, 2.05) is 25.2 Å². The molecule has 0 atom stereocenters. The van der Waals surface area contributed by atoms with E-state index in [1.54, 1.807) is 23.0 Å². The van der Waals surface area contributed by atoms with Crippen molar-refractivity contribution in [2.75, 3.05) is 27.2 Å². The maximum absolute atomic E-state index is 12.3. The highest BCUT2D eigenvalue weighted by molar-refractivity contribution is 5.83. The zero-order chi connectivity index (χ0) is 18.2. The normalized spacial score (nSPS) is 20.0. The molecule has 1 aromatic rings. The molecule has 1 saturated carbocycles. The third-order valence-electron chi connectivity index (χ3n) is 5.10. The lowest BCUT2D eigenvalue weighted by Gasteiger charge is -2.33. The fourth-order valence-corrected chi connectivity index (χ4v) is 3.16. The number of carbonyl (C=O) groups is 2. The van der Waals surface area contributed by atoms with Gasteiger partial charge in [0.05, 0.1) is 6.54 Å². The second-order valence-corrected chi connectivity index (χ2v) is 7.07. The average Bonchev–Trinajstić information content (AvgIpc) is 2.64. The molecule has 138 valence electrons. The predicted octanol–water partition coefficient (Wildman–Crippen LogP) is 2.30. The van der Waals surface area contributed by atoms with E-state index >= 15 is 0 Å². The number of pyridine rings is 1. The van der Waals surface area contributed by atoms with Gasteiger partial charge in [-0.15, -0.1) is 0 Å². The third-order valence-corrected chi connectivity index (χ3v) is 5.10. The first kappa shape index (κ1) is 19.2. The van der Waals surface area contributed by atoms with Crippen molar-refractivity contribution < 1.29 is 9.59 Å². The van der Waals surface area contributed by atoms with Gasteiger partial charge >= 0.3 is 6.03 Å². The van der Waals surface area contributed by atoms with Gasteiger partial charge in [0, 0.05) is 45.0 Å². The van der Waals surface area contributed by atoms with Crippen molar-refractivity contribution in [1.82, 2.24) is 20.1 Å². The zero-order valence-corrected chi connectivity index (χ0v) is 15.6. The van der Waals surface area contributed by atoms with Gasteiger partial charge in [-0.2, -0.15) is 0 Å². The Hall–Kier alpha value is -2.11. The molecule has 1 aromatic heterocycles. The second kappa shape index (κ2) is 9.39. The van der Waals surface area contributed by atoms with Gasteiger partial charge in [-0.05, 0) is 43.7 Å². The monoisotopic (exact) mass is 346 g/mol. The molecule has 3 amide bonds. The first-order valence-electron chi connectivity index (χ1n) is 9.12. The van der Waals surface area contributed by atoms with E-state index in [-0.39, 0.29) is 24.5 Å². The predicted molar refractivity (Wildman–Crippen MR) is 98.2 cm³/mol. The van der Waals surface area contributed by atoms with Gasteiger partial charge in [0.15, 0.2) is 0 Å². The molecular weight excluding hydrogens is 316 g/mol. The number of likely N-dealkylation sites (N-methyl/N-ethyl adjacent to an activating group) is 1. The molecule has 0 radical (unpaired) electrons. The molecule has 0 spiro atoms. The van der Waals surface area contributed by atoms with Gasteiger partial charge in [-0.3, -0.25) is 9.78 Å². The highest BCUT2D eigenvalue weighted by atomic mass is 16.2. The Labute approximate surface area is 150 Å². The molecule has 2 rings (SSSR count). The van der Waals surface area contributed by atoms with Crippen LogP contribution in [0.1, 0.15) is 38.3 Å². The SMILES string of the molecule is CC1CCC(N(C)C(=O)NCC(=O)N(C)CCc2ccccn2)CC1. The summed E-state index contributed by atoms with van der Waals surface area (Å²) in [7, 11) is 3.58. The molecule has 1 aliphatic rings. The van der Waals surface area contributed by atoms with Crippen molar-refractivity contribution in [3.8, 4) is 0 Å². The molecule has 0 aliphatic heterocycles. The van der Waals surface area contributed by atoms with Gasteiger partial charge in [0.25, 0.3) is 0 Å². The lowest BCUT2D eigenvalue weighted by molar-refractivity contribution is -0.128. The molecular formula is C19H30N4O2. The maximum atomic E-state index is 12.3. The fourth-order valence-electron chi connectivity index (χ4n) is 3.16. The largest absolute Gasteiger partial charge is 0.344 e. The standard InChI is InChI=1S/C19H30N4O2/c1-15-7-9-17(10-8-15)23(3)19(25)21-14-18(24)22(2)13-11-16-6-4-5-12-20-16/h4-6,12,15,17H,7-11,13-14H2,1-3H3,(H,21,25). The van der Waals surface area contributed by atoms with Crippen LogP contribution in [0.5, 0.6) is 0 Å². The lowest BCUT2D eigenvalue weighted by atomic mass is 9.87. The number of amides is 3. The van der Waals surface area contributed by atoms with Crippen LogP contribution in [0.2, 0.25) is 0 Å². The number of rotatable bonds is 6. The van der Waals surface area contributed by atoms with Crippen molar-refractivity contribution >= 4 is 11.9 Å². The zero-order valence-electron chi connectivity index (χ0n) is 15.6. The molecule has 1 aliphatic carbocycles. The van der Waals surface area contributed by atoms with Crippen LogP contribution in [-0.4, -0.2) is 59.9 Å². The molecule has 0 aromatic carbocycles. The first-order chi connectivity index (χ1) is 12.0. The number of aromatic nitrogens is 1. The minimum atomic E-state index is -0.161. The van der Waals surface area contributed by atoms with E-state index in [2.05, 4.69) is 17.2 Å². The molecule has 25 heavy (non-hydrogen) atoms. The smallest absolute Gasteiger partial charge is 0.317 e. The highest BCUT2D eigenvalue weighted by Crippen LogP contribution is 2.26. The summed E-state index contributed by atoms with van der Waals surface area (Å²) >= 11 is 0. The summed E-state index contributed by atoms with van der Waals surface area (Å²) in [4.78, 5) is 32.1. The summed E-state index contributed by atoms with van der Waals surface area (Å²) in [5.74, 6) is 0.664. The van der Waals surface area contributed by atoms with Crippen molar-refractivity contribution in [2.45, 2.75) is 45.1 Å². The molecule has 0 unspecified atom stereocenters. The number of carbonyl (C=O) groups excluding carboxylic acids is 2. The first-order valence-corrected chi connectivity index (χ1v) is 9.12. The molecule has 1 N–H and O–H groups in total. The lowest BCUT2D eigenvalue weighted by Crippen LogP contribution is -2.48. The molecule has 1 heterocycles. The minimum Gasteiger partial charge on any atom is -0.344 e. The molecule has 1 fully saturated rings. The van der Waals surface area contributed by atoms with Crippen molar-refractivity contribution in [3.05, 3.63) is 30.1 Å². The van der Waals surface area contributed by atoms with E-state index in [4.69, 9.17) is 0 Å². The quantitative estimate of drug-likeness (QED) is 0.859. The van der Waals surface area contributed by atoms with Crippen LogP contribution in [0, 0.1) is 5.92 Å². The third kappa shape index (κ3) is 6.03. The van der Waals surface area contributed by atoms with Crippen LogP contribution in [0.3, 0.4) is 0 Å². The number of nitrogens with one attached hydrogen (secondary N) is 1. The van der Waals surface area contributed by atoms with Crippen LogP contribution in [0.15, 0.2) is 24.4 Å². The fraction of sp³-hybridized carbons (Fsp3) is 0.632. The average molecular weight is 346 g/mol. The highest BCUT2D eigenvalue weighted by Gasteiger charge is 2.25. The summed E-state index contributed by atoms with van der Waals surface area (Å²) in [5.41, 5.74) is 0.956. The number of hydrogen-bond acceptors (Lipinski definition) is 3. The minimum absolute atomic E-state index is 0.0328. The number of hydrogen-bond donors (Lipinski definition) is 1. The number of urea groups is 1. The Morgan fingerprint density at radius 3 is 2.56 bits per heavy atom. The van der Waals surface area contributed by atoms with E-state index in [0.29, 0.717) is 13.0 Å². The molecule has 6 nitrogen and oxygen atoms in total. The summed E-state index contributed by atoms with van der Waals surface area (Å²) in [6, 6.07) is 5.88. The Morgan fingerprint density at radius 2 is 1.92 bits per heavy atom. The van der Waals surface area contributed by atoms with Crippen molar-refractivity contribution in [3.63, 3.8) is 0 Å². The van der Waals surface area contributed by atoms with Crippen molar-refractivity contribution in [1.29, 1.82) is 0 Å². The Balaban J connectivity index is 1.70.